The van der Waals surface area contributed by atoms with Gasteiger partial charge in [-0.3, -0.25) is 8.78 Å². The van der Waals surface area contributed by atoms with Crippen LogP contribution in [0.4, 0.5) is 8.78 Å². The van der Waals surface area contributed by atoms with Gasteiger partial charge in [-0.15, -0.1) is 0 Å². The topological polar surface area (TPSA) is 27.7 Å². The maximum atomic E-state index is 11.8. The number of halogens is 2. The van der Waals surface area contributed by atoms with Crippen LogP contribution in [-0.2, 0) is 14.2 Å². The number of ether oxygens (including phenoxy) is 3. The second kappa shape index (κ2) is 19.1. The van der Waals surface area contributed by atoms with Crippen LogP contribution in [0.1, 0.15) is 38.5 Å². The second-order valence-electron chi connectivity index (χ2n) is 4.47. The fourth-order valence-electron chi connectivity index (χ4n) is 1.40. The molecule has 3 nitrogen and oxygen atoms in total. The summed E-state index contributed by atoms with van der Waals surface area (Å²) in [6, 6.07) is 0. The van der Waals surface area contributed by atoms with Gasteiger partial charge in [-0.2, -0.15) is 0 Å². The van der Waals surface area contributed by atoms with E-state index in [1.807, 2.05) is 12.2 Å². The van der Waals surface area contributed by atoms with Crippen molar-refractivity contribution in [1.29, 1.82) is 0 Å². The lowest BCUT2D eigenvalue weighted by Crippen LogP contribution is -1.96. The molecule has 0 N–H and O–H groups in total. The first-order valence-electron chi connectivity index (χ1n) is 7.64. The van der Waals surface area contributed by atoms with E-state index in [1.165, 1.54) is 0 Å². The van der Waals surface area contributed by atoms with Crippen LogP contribution in [0.3, 0.4) is 0 Å². The average Bonchev–Trinajstić information content (AvgIpc) is 2.50. The molecule has 0 aromatic heterocycles. The molecule has 0 aliphatic rings. The lowest BCUT2D eigenvalue weighted by Gasteiger charge is -2.00. The van der Waals surface area contributed by atoms with Crippen LogP contribution in [0.2, 0.25) is 0 Å². The van der Waals surface area contributed by atoms with E-state index < -0.39 is 0 Å². The Bertz CT molecular complexity index is 222. The molecule has 0 saturated heterocycles. The van der Waals surface area contributed by atoms with Gasteiger partial charge in [-0.1, -0.05) is 0 Å². The molecule has 0 rings (SSSR count). The van der Waals surface area contributed by atoms with Crippen LogP contribution in [0.25, 0.3) is 0 Å². The van der Waals surface area contributed by atoms with Gasteiger partial charge in [0.05, 0.1) is 39.1 Å². The highest BCUT2D eigenvalue weighted by molar-refractivity contribution is 4.79. The first kappa shape index (κ1) is 20.1. The summed E-state index contributed by atoms with van der Waals surface area (Å²) >= 11 is 0. The first-order valence-corrected chi connectivity index (χ1v) is 7.64. The van der Waals surface area contributed by atoms with Crippen molar-refractivity contribution in [3.63, 3.8) is 0 Å². The van der Waals surface area contributed by atoms with E-state index in [4.69, 9.17) is 14.2 Å². The zero-order valence-corrected chi connectivity index (χ0v) is 12.8. The van der Waals surface area contributed by atoms with E-state index in [0.29, 0.717) is 39.3 Å². The molecule has 0 aliphatic carbocycles. The SMILES string of the molecule is FCCCCOCCC=COC=CCCOCCCCF. The highest BCUT2D eigenvalue weighted by Gasteiger charge is 1.89. The number of hydrogen-bond donors (Lipinski definition) is 0. The van der Waals surface area contributed by atoms with E-state index in [0.717, 1.165) is 25.7 Å². The van der Waals surface area contributed by atoms with Crippen LogP contribution >= 0.6 is 0 Å². The van der Waals surface area contributed by atoms with E-state index in [1.54, 1.807) is 12.5 Å². The molecule has 0 fully saturated rings. The van der Waals surface area contributed by atoms with Crippen molar-refractivity contribution in [2.45, 2.75) is 38.5 Å². The molecule has 21 heavy (non-hydrogen) atoms. The van der Waals surface area contributed by atoms with Crippen molar-refractivity contribution >= 4 is 0 Å². The Kier molecular flexibility index (Phi) is 18.2. The molecular formula is C16H28F2O3. The number of rotatable bonds is 16. The Morgan fingerprint density at radius 1 is 0.619 bits per heavy atom. The lowest BCUT2D eigenvalue weighted by molar-refractivity contribution is 0.132. The first-order chi connectivity index (χ1) is 10.4. The van der Waals surface area contributed by atoms with Crippen molar-refractivity contribution in [3.05, 3.63) is 24.7 Å². The number of alkyl halides is 2. The summed E-state index contributed by atoms with van der Waals surface area (Å²) in [4.78, 5) is 0. The molecule has 0 bridgehead atoms. The predicted octanol–water partition coefficient (Wildman–Crippen LogP) is 4.34. The van der Waals surface area contributed by atoms with Gasteiger partial charge in [0.25, 0.3) is 0 Å². The van der Waals surface area contributed by atoms with Crippen molar-refractivity contribution in [3.8, 4) is 0 Å². The van der Waals surface area contributed by atoms with E-state index >= 15 is 0 Å². The van der Waals surface area contributed by atoms with E-state index in [9.17, 15) is 8.78 Å². The quantitative estimate of drug-likeness (QED) is 0.313. The van der Waals surface area contributed by atoms with Crippen LogP contribution in [0.5, 0.6) is 0 Å². The summed E-state index contributed by atoms with van der Waals surface area (Å²) in [5.41, 5.74) is 0. The van der Waals surface area contributed by atoms with Crippen LogP contribution in [-0.4, -0.2) is 39.8 Å². The number of unbranched alkanes of at least 4 members (excludes halogenated alkanes) is 2. The maximum Gasteiger partial charge on any atom is 0.0895 e. The Hall–Kier alpha value is -0.940. The zero-order valence-electron chi connectivity index (χ0n) is 12.8. The normalized spacial score (nSPS) is 11.7. The fourth-order valence-corrected chi connectivity index (χ4v) is 1.40. The van der Waals surface area contributed by atoms with Crippen molar-refractivity contribution in [2.75, 3.05) is 39.8 Å². The third-order valence-electron chi connectivity index (χ3n) is 2.55. The van der Waals surface area contributed by atoms with Gasteiger partial charge in [0, 0.05) is 13.2 Å². The molecule has 5 heteroatoms. The molecule has 124 valence electrons. The summed E-state index contributed by atoms with van der Waals surface area (Å²) in [5, 5.41) is 0. The molecule has 0 aromatic rings. The van der Waals surface area contributed by atoms with Crippen LogP contribution in [0, 0.1) is 0 Å². The van der Waals surface area contributed by atoms with Gasteiger partial charge < -0.3 is 14.2 Å². The maximum absolute atomic E-state index is 11.8. The Morgan fingerprint density at radius 3 is 1.52 bits per heavy atom. The van der Waals surface area contributed by atoms with Crippen molar-refractivity contribution < 1.29 is 23.0 Å². The minimum absolute atomic E-state index is 0.272. The fraction of sp³-hybridized carbons (Fsp3) is 0.750. The molecule has 0 radical (unpaired) electrons. The summed E-state index contributed by atoms with van der Waals surface area (Å²) in [6.45, 7) is 1.94. The van der Waals surface area contributed by atoms with Gasteiger partial charge in [-0.05, 0) is 50.7 Å². The molecule has 0 aromatic carbocycles. The summed E-state index contributed by atoms with van der Waals surface area (Å²) in [5.74, 6) is 0. The smallest absolute Gasteiger partial charge is 0.0895 e. The zero-order chi connectivity index (χ0) is 15.4. The van der Waals surface area contributed by atoms with Crippen LogP contribution < -0.4 is 0 Å². The van der Waals surface area contributed by atoms with Crippen molar-refractivity contribution in [2.24, 2.45) is 0 Å². The van der Waals surface area contributed by atoms with E-state index in [2.05, 4.69) is 0 Å². The molecule has 0 spiro atoms. The number of hydrogen-bond acceptors (Lipinski definition) is 3. The minimum atomic E-state index is -0.272. The largest absolute Gasteiger partial charge is 0.473 e. The Labute approximate surface area is 127 Å². The average molecular weight is 306 g/mol. The Balaban J connectivity index is 3.14. The molecule has 0 aliphatic heterocycles. The highest BCUT2D eigenvalue weighted by Crippen LogP contribution is 1.95. The standard InChI is InChI=1S/C16H28F2O3/c17-9-1-3-11-19-13-5-7-15-21-16-8-6-14-20-12-4-2-10-18/h7-8,15-16H,1-6,9-14H2. The van der Waals surface area contributed by atoms with Gasteiger partial charge in [0.2, 0.25) is 0 Å². The predicted molar refractivity (Wildman–Crippen MR) is 80.7 cm³/mol. The highest BCUT2D eigenvalue weighted by atomic mass is 19.1. The molecule has 0 saturated carbocycles. The minimum Gasteiger partial charge on any atom is -0.473 e. The molecule has 0 heterocycles. The molecule has 0 amide bonds. The summed E-state index contributed by atoms with van der Waals surface area (Å²) in [6.07, 6.45) is 11.2. The summed E-state index contributed by atoms with van der Waals surface area (Å²) in [7, 11) is 0. The molecular weight excluding hydrogens is 278 g/mol. The van der Waals surface area contributed by atoms with Gasteiger partial charge in [-0.25, -0.2) is 0 Å². The summed E-state index contributed by atoms with van der Waals surface area (Å²) < 4.78 is 39.3. The molecule has 0 atom stereocenters. The van der Waals surface area contributed by atoms with E-state index in [-0.39, 0.29) is 13.3 Å². The third-order valence-corrected chi connectivity index (χ3v) is 2.55. The molecule has 0 unspecified atom stereocenters. The van der Waals surface area contributed by atoms with Crippen LogP contribution in [0.15, 0.2) is 24.7 Å². The second-order valence-corrected chi connectivity index (χ2v) is 4.47. The monoisotopic (exact) mass is 306 g/mol. The van der Waals surface area contributed by atoms with Crippen molar-refractivity contribution in [1.82, 2.24) is 0 Å². The van der Waals surface area contributed by atoms with Gasteiger partial charge in [0.15, 0.2) is 0 Å². The van der Waals surface area contributed by atoms with Gasteiger partial charge >= 0.3 is 0 Å². The Morgan fingerprint density at radius 2 is 1.10 bits per heavy atom. The lowest BCUT2D eigenvalue weighted by atomic mass is 10.3. The van der Waals surface area contributed by atoms with Gasteiger partial charge in [0.1, 0.15) is 0 Å². The third kappa shape index (κ3) is 19.1.